The molecule has 4 N–H and O–H groups in total. The van der Waals surface area contributed by atoms with E-state index in [0.717, 1.165) is 6.07 Å². The highest BCUT2D eigenvalue weighted by Crippen LogP contribution is 2.24. The van der Waals surface area contributed by atoms with E-state index in [9.17, 15) is 19.7 Å². The molecule has 0 spiro atoms. The molecule has 0 fully saturated rings. The molecule has 2 amide bonds. The molecule has 118 valence electrons. The summed E-state index contributed by atoms with van der Waals surface area (Å²) < 4.78 is 5.45. The number of nitro benzene ring substituents is 1. The van der Waals surface area contributed by atoms with Crippen molar-refractivity contribution in [3.8, 4) is 5.75 Å². The SMILES string of the molecule is NC(=O)c1ccc(COc2ccccc2C(N)=O)c([N+](=O)[O-])c1. The fourth-order valence-electron chi connectivity index (χ4n) is 1.96. The summed E-state index contributed by atoms with van der Waals surface area (Å²) in [5, 5.41) is 11.1. The van der Waals surface area contributed by atoms with Crippen molar-refractivity contribution in [2.45, 2.75) is 6.61 Å². The summed E-state index contributed by atoms with van der Waals surface area (Å²) in [6.45, 7) is -0.167. The van der Waals surface area contributed by atoms with Gasteiger partial charge < -0.3 is 16.2 Å². The largest absolute Gasteiger partial charge is 0.488 e. The Kier molecular flexibility index (Phi) is 4.55. The summed E-state index contributed by atoms with van der Waals surface area (Å²) in [7, 11) is 0. The Morgan fingerprint density at radius 1 is 1.09 bits per heavy atom. The maximum absolute atomic E-state index is 11.3. The van der Waals surface area contributed by atoms with Crippen molar-refractivity contribution in [1.82, 2.24) is 0 Å². The molecule has 2 rings (SSSR count). The van der Waals surface area contributed by atoms with Crippen molar-refractivity contribution in [2.75, 3.05) is 0 Å². The van der Waals surface area contributed by atoms with Gasteiger partial charge in [0.1, 0.15) is 12.4 Å². The molecule has 0 saturated heterocycles. The lowest BCUT2D eigenvalue weighted by Gasteiger charge is -2.10. The van der Waals surface area contributed by atoms with Crippen LogP contribution in [0.1, 0.15) is 26.3 Å². The molecule has 0 unspecified atom stereocenters. The van der Waals surface area contributed by atoms with Gasteiger partial charge in [-0.15, -0.1) is 0 Å². The predicted molar refractivity (Wildman–Crippen MR) is 80.9 cm³/mol. The number of carbonyl (C=O) groups excluding carboxylic acids is 2. The Hall–Kier alpha value is -3.42. The third-order valence-electron chi connectivity index (χ3n) is 3.10. The number of amides is 2. The molecule has 0 aliphatic heterocycles. The van der Waals surface area contributed by atoms with Crippen LogP contribution in [-0.4, -0.2) is 16.7 Å². The Bertz CT molecular complexity index is 788. The van der Waals surface area contributed by atoms with Crippen molar-refractivity contribution in [3.63, 3.8) is 0 Å². The van der Waals surface area contributed by atoms with Gasteiger partial charge in [0.05, 0.1) is 16.1 Å². The van der Waals surface area contributed by atoms with Gasteiger partial charge in [0.25, 0.3) is 11.6 Å². The highest BCUT2D eigenvalue weighted by molar-refractivity contribution is 5.95. The zero-order valence-electron chi connectivity index (χ0n) is 11.9. The second-order valence-corrected chi connectivity index (χ2v) is 4.61. The van der Waals surface area contributed by atoms with Gasteiger partial charge in [-0.3, -0.25) is 19.7 Å². The lowest BCUT2D eigenvalue weighted by Crippen LogP contribution is -2.14. The van der Waals surface area contributed by atoms with Crippen LogP contribution in [0.4, 0.5) is 5.69 Å². The van der Waals surface area contributed by atoms with E-state index in [4.69, 9.17) is 16.2 Å². The van der Waals surface area contributed by atoms with E-state index in [-0.39, 0.29) is 34.7 Å². The standard InChI is InChI=1S/C15H13N3O5/c16-14(19)9-5-6-10(12(7-9)18(21)22)8-23-13-4-2-1-3-11(13)15(17)20/h1-7H,8H2,(H2,16,19)(H2,17,20). The van der Waals surface area contributed by atoms with Gasteiger partial charge in [0.15, 0.2) is 0 Å². The van der Waals surface area contributed by atoms with Gasteiger partial charge in [-0.2, -0.15) is 0 Å². The van der Waals surface area contributed by atoms with Crippen molar-refractivity contribution >= 4 is 17.5 Å². The van der Waals surface area contributed by atoms with E-state index in [1.54, 1.807) is 12.1 Å². The molecule has 0 saturated carbocycles. The Morgan fingerprint density at radius 2 is 1.78 bits per heavy atom. The van der Waals surface area contributed by atoms with Crippen LogP contribution in [0.2, 0.25) is 0 Å². The fourth-order valence-corrected chi connectivity index (χ4v) is 1.96. The molecular formula is C15H13N3O5. The minimum Gasteiger partial charge on any atom is -0.488 e. The van der Waals surface area contributed by atoms with Gasteiger partial charge >= 0.3 is 0 Å². The minimum atomic E-state index is -0.764. The smallest absolute Gasteiger partial charge is 0.276 e. The van der Waals surface area contributed by atoms with Crippen LogP contribution < -0.4 is 16.2 Å². The molecule has 23 heavy (non-hydrogen) atoms. The fraction of sp³-hybridized carbons (Fsp3) is 0.0667. The van der Waals surface area contributed by atoms with Crippen LogP contribution in [0, 0.1) is 10.1 Å². The number of hydrogen-bond acceptors (Lipinski definition) is 5. The summed E-state index contributed by atoms with van der Waals surface area (Å²) in [5.74, 6) is -1.22. The monoisotopic (exact) mass is 315 g/mol. The molecule has 0 aliphatic rings. The van der Waals surface area contributed by atoms with Crippen molar-refractivity contribution in [2.24, 2.45) is 11.5 Å². The number of benzene rings is 2. The summed E-state index contributed by atoms with van der Waals surface area (Å²) in [4.78, 5) is 32.9. The first-order chi connectivity index (χ1) is 10.9. The molecule has 0 bridgehead atoms. The van der Waals surface area contributed by atoms with Crippen molar-refractivity contribution in [3.05, 3.63) is 69.3 Å². The maximum atomic E-state index is 11.3. The lowest BCUT2D eigenvalue weighted by molar-refractivity contribution is -0.385. The van der Waals surface area contributed by atoms with Gasteiger partial charge in [0, 0.05) is 11.6 Å². The zero-order valence-corrected chi connectivity index (χ0v) is 11.9. The number of rotatable bonds is 6. The van der Waals surface area contributed by atoms with Crippen LogP contribution in [0.3, 0.4) is 0 Å². The highest BCUT2D eigenvalue weighted by Gasteiger charge is 2.18. The molecule has 2 aromatic rings. The van der Waals surface area contributed by atoms with Crippen LogP contribution in [-0.2, 0) is 6.61 Å². The third-order valence-corrected chi connectivity index (χ3v) is 3.10. The van der Waals surface area contributed by atoms with Crippen LogP contribution >= 0.6 is 0 Å². The second-order valence-electron chi connectivity index (χ2n) is 4.61. The number of primary amides is 2. The predicted octanol–water partition coefficient (Wildman–Crippen LogP) is 1.37. The Balaban J connectivity index is 2.29. The minimum absolute atomic E-state index is 0.0259. The first kappa shape index (κ1) is 16.0. The first-order valence-electron chi connectivity index (χ1n) is 6.49. The van der Waals surface area contributed by atoms with Crippen molar-refractivity contribution in [1.29, 1.82) is 0 Å². The summed E-state index contributed by atoms with van der Waals surface area (Å²) in [5.41, 5.74) is 10.5. The molecule has 0 aromatic heterocycles. The van der Waals surface area contributed by atoms with Gasteiger partial charge in [-0.05, 0) is 24.3 Å². The number of nitrogens with zero attached hydrogens (tertiary/aromatic N) is 1. The lowest BCUT2D eigenvalue weighted by atomic mass is 10.1. The van der Waals surface area contributed by atoms with E-state index in [1.165, 1.54) is 24.3 Å². The zero-order chi connectivity index (χ0) is 17.0. The number of ether oxygens (including phenoxy) is 1. The molecule has 0 radical (unpaired) electrons. The molecule has 0 aliphatic carbocycles. The van der Waals surface area contributed by atoms with E-state index in [2.05, 4.69) is 0 Å². The number of carbonyl (C=O) groups is 2. The summed E-state index contributed by atoms with van der Waals surface area (Å²) >= 11 is 0. The van der Waals surface area contributed by atoms with Crippen LogP contribution in [0.5, 0.6) is 5.75 Å². The van der Waals surface area contributed by atoms with Gasteiger partial charge in [-0.25, -0.2) is 0 Å². The van der Waals surface area contributed by atoms with Crippen LogP contribution in [0.15, 0.2) is 42.5 Å². The van der Waals surface area contributed by atoms with Crippen molar-refractivity contribution < 1.29 is 19.2 Å². The molecule has 8 nitrogen and oxygen atoms in total. The van der Waals surface area contributed by atoms with E-state index < -0.39 is 16.7 Å². The Labute approximate surface area is 130 Å². The number of para-hydroxylation sites is 1. The Morgan fingerprint density at radius 3 is 2.39 bits per heavy atom. The quantitative estimate of drug-likeness (QED) is 0.612. The second kappa shape index (κ2) is 6.56. The summed E-state index contributed by atoms with van der Waals surface area (Å²) in [6, 6.07) is 10.1. The molecule has 8 heteroatoms. The first-order valence-corrected chi connectivity index (χ1v) is 6.49. The molecule has 2 aromatic carbocycles. The van der Waals surface area contributed by atoms with Gasteiger partial charge in [-0.1, -0.05) is 12.1 Å². The molecule has 0 atom stereocenters. The average Bonchev–Trinajstić information content (AvgIpc) is 2.52. The molecular weight excluding hydrogens is 302 g/mol. The van der Waals surface area contributed by atoms with Crippen LogP contribution in [0.25, 0.3) is 0 Å². The normalized spacial score (nSPS) is 10.1. The average molecular weight is 315 g/mol. The number of nitro groups is 1. The molecule has 0 heterocycles. The van der Waals surface area contributed by atoms with Gasteiger partial charge in [0.2, 0.25) is 5.91 Å². The topological polar surface area (TPSA) is 139 Å². The van der Waals surface area contributed by atoms with E-state index >= 15 is 0 Å². The van der Waals surface area contributed by atoms with E-state index in [0.29, 0.717) is 0 Å². The summed E-state index contributed by atoms with van der Waals surface area (Å²) in [6.07, 6.45) is 0. The number of nitrogens with two attached hydrogens (primary N) is 2. The van der Waals surface area contributed by atoms with E-state index in [1.807, 2.05) is 0 Å². The number of hydrogen-bond donors (Lipinski definition) is 2. The highest BCUT2D eigenvalue weighted by atomic mass is 16.6. The maximum Gasteiger partial charge on any atom is 0.276 e. The third kappa shape index (κ3) is 3.62.